The van der Waals surface area contributed by atoms with Gasteiger partial charge in [-0.3, -0.25) is 5.01 Å². The molecule has 0 amide bonds. The Morgan fingerprint density at radius 3 is 2.41 bits per heavy atom. The van der Waals surface area contributed by atoms with Gasteiger partial charge >= 0.3 is 0 Å². The van der Waals surface area contributed by atoms with Crippen LogP contribution in [0.2, 0.25) is 0 Å². The smallest absolute Gasteiger partial charge is 0.153 e. The highest BCUT2D eigenvalue weighted by Crippen LogP contribution is 2.40. The summed E-state index contributed by atoms with van der Waals surface area (Å²) in [5.41, 5.74) is 6.92. The maximum Gasteiger partial charge on any atom is 0.153 e. The van der Waals surface area contributed by atoms with E-state index in [1.54, 1.807) is 0 Å². The number of nitrogens with zero attached hydrogens (tertiary/aromatic N) is 4. The van der Waals surface area contributed by atoms with Crippen molar-refractivity contribution in [2.75, 3.05) is 17.8 Å². The van der Waals surface area contributed by atoms with Gasteiger partial charge in [-0.25, -0.2) is 15.0 Å². The van der Waals surface area contributed by atoms with E-state index in [4.69, 9.17) is 5.73 Å². The molecule has 2 N–H and O–H groups in total. The van der Waals surface area contributed by atoms with Crippen LogP contribution in [0.5, 0.6) is 0 Å². The maximum absolute atomic E-state index is 5.88. The van der Waals surface area contributed by atoms with Crippen LogP contribution in [0.1, 0.15) is 46.2 Å². The van der Waals surface area contributed by atoms with Gasteiger partial charge in [-0.05, 0) is 20.8 Å². The first-order chi connectivity index (χ1) is 8.04. The van der Waals surface area contributed by atoms with Crippen molar-refractivity contribution >= 4 is 11.6 Å². The number of nitrogens with two attached hydrogens (primary N) is 1. The summed E-state index contributed by atoms with van der Waals surface area (Å²) in [6.07, 6.45) is 1.52. The largest absolute Gasteiger partial charge is 0.383 e. The SMILES string of the molecule is CC.CC1c2c(N)ncnc2N(C(C)C)N1C. The van der Waals surface area contributed by atoms with E-state index in [2.05, 4.69) is 40.8 Å². The predicted molar refractivity (Wildman–Crippen MR) is 71.6 cm³/mol. The molecule has 0 radical (unpaired) electrons. The van der Waals surface area contributed by atoms with Crippen molar-refractivity contribution in [1.29, 1.82) is 0 Å². The van der Waals surface area contributed by atoms with Gasteiger partial charge in [0.25, 0.3) is 0 Å². The second kappa shape index (κ2) is 5.31. The van der Waals surface area contributed by atoms with E-state index in [9.17, 15) is 0 Å². The van der Waals surface area contributed by atoms with Crippen LogP contribution < -0.4 is 10.7 Å². The minimum atomic E-state index is 0.239. The van der Waals surface area contributed by atoms with Crippen LogP contribution in [-0.4, -0.2) is 28.1 Å². The lowest BCUT2D eigenvalue weighted by atomic mass is 10.1. The lowest BCUT2D eigenvalue weighted by Crippen LogP contribution is -2.41. The third-order valence-electron chi connectivity index (χ3n) is 2.92. The van der Waals surface area contributed by atoms with Crippen molar-refractivity contribution < 1.29 is 0 Å². The summed E-state index contributed by atoms with van der Waals surface area (Å²) in [6.45, 7) is 10.4. The molecule has 2 heterocycles. The average Bonchev–Trinajstić information content (AvgIpc) is 2.55. The van der Waals surface area contributed by atoms with Gasteiger partial charge < -0.3 is 5.73 Å². The van der Waals surface area contributed by atoms with Crippen LogP contribution in [0.3, 0.4) is 0 Å². The maximum atomic E-state index is 5.88. The molecule has 0 aromatic carbocycles. The molecule has 5 heteroatoms. The first-order valence-corrected chi connectivity index (χ1v) is 6.16. The van der Waals surface area contributed by atoms with Gasteiger partial charge in [0.2, 0.25) is 0 Å². The summed E-state index contributed by atoms with van der Waals surface area (Å²) >= 11 is 0. The number of aromatic nitrogens is 2. The van der Waals surface area contributed by atoms with Gasteiger partial charge in [-0.2, -0.15) is 0 Å². The van der Waals surface area contributed by atoms with Gasteiger partial charge in [-0.1, -0.05) is 13.8 Å². The fraction of sp³-hybridized carbons (Fsp3) is 0.667. The van der Waals surface area contributed by atoms with Crippen molar-refractivity contribution in [3.63, 3.8) is 0 Å². The molecule has 0 spiro atoms. The molecule has 1 aliphatic heterocycles. The molecule has 96 valence electrons. The summed E-state index contributed by atoms with van der Waals surface area (Å²) in [5.74, 6) is 1.52. The highest BCUT2D eigenvalue weighted by molar-refractivity contribution is 5.61. The molecular weight excluding hydrogens is 214 g/mol. The number of hydrogen-bond acceptors (Lipinski definition) is 5. The standard InChI is InChI=1S/C10H17N5.C2H6/c1-6(2)15-10-8(7(3)14(15)4)9(11)12-5-13-10;1-2/h5-7H,1-4H3,(H2,11,12,13);1-2H3. The number of hydrazine groups is 1. The molecule has 1 aromatic rings. The summed E-state index contributed by atoms with van der Waals surface area (Å²) in [4.78, 5) is 8.36. The third kappa shape index (κ3) is 2.20. The van der Waals surface area contributed by atoms with Crippen LogP contribution in [0.15, 0.2) is 6.33 Å². The molecule has 1 aromatic heterocycles. The Hall–Kier alpha value is -1.36. The second-order valence-electron chi connectivity index (χ2n) is 4.18. The lowest BCUT2D eigenvalue weighted by molar-refractivity contribution is 0.246. The summed E-state index contributed by atoms with van der Waals surface area (Å²) < 4.78 is 0. The van der Waals surface area contributed by atoms with E-state index in [1.165, 1.54) is 6.33 Å². The molecule has 0 saturated heterocycles. The van der Waals surface area contributed by atoms with Gasteiger partial charge in [0, 0.05) is 13.1 Å². The van der Waals surface area contributed by atoms with E-state index < -0.39 is 0 Å². The van der Waals surface area contributed by atoms with E-state index in [0.717, 1.165) is 11.4 Å². The first-order valence-electron chi connectivity index (χ1n) is 6.16. The van der Waals surface area contributed by atoms with Crippen LogP contribution in [0, 0.1) is 0 Å². The van der Waals surface area contributed by atoms with Crippen LogP contribution in [-0.2, 0) is 0 Å². The molecule has 1 atom stereocenters. The average molecular weight is 237 g/mol. The van der Waals surface area contributed by atoms with E-state index in [1.807, 2.05) is 20.9 Å². The molecule has 0 saturated carbocycles. The number of hydrogen-bond donors (Lipinski definition) is 1. The molecule has 17 heavy (non-hydrogen) atoms. The fourth-order valence-electron chi connectivity index (χ4n) is 2.11. The van der Waals surface area contributed by atoms with Crippen molar-refractivity contribution in [2.45, 2.75) is 46.7 Å². The zero-order chi connectivity index (χ0) is 13.2. The summed E-state index contributed by atoms with van der Waals surface area (Å²) in [6, 6.07) is 0.608. The Bertz CT molecular complexity index is 377. The normalized spacial score (nSPS) is 19.0. The molecule has 0 aliphatic carbocycles. The van der Waals surface area contributed by atoms with Crippen LogP contribution in [0.4, 0.5) is 11.6 Å². The highest BCUT2D eigenvalue weighted by atomic mass is 15.7. The Balaban J connectivity index is 0.000000686. The van der Waals surface area contributed by atoms with Crippen LogP contribution >= 0.6 is 0 Å². The second-order valence-corrected chi connectivity index (χ2v) is 4.18. The van der Waals surface area contributed by atoms with Crippen molar-refractivity contribution in [2.24, 2.45) is 0 Å². The first kappa shape index (κ1) is 13.7. The number of fused-ring (bicyclic) bond motifs is 1. The summed E-state index contributed by atoms with van der Waals surface area (Å²) in [5, 5.41) is 4.30. The van der Waals surface area contributed by atoms with Gasteiger partial charge in [0.05, 0.1) is 11.6 Å². The van der Waals surface area contributed by atoms with Crippen LogP contribution in [0.25, 0.3) is 0 Å². The zero-order valence-electron chi connectivity index (χ0n) is 11.6. The number of nitrogen functional groups attached to an aromatic ring is 1. The highest BCUT2D eigenvalue weighted by Gasteiger charge is 2.35. The van der Waals surface area contributed by atoms with Gasteiger partial charge in [-0.15, -0.1) is 0 Å². The Morgan fingerprint density at radius 1 is 1.29 bits per heavy atom. The quantitative estimate of drug-likeness (QED) is 0.811. The number of rotatable bonds is 1. The Labute approximate surface area is 104 Å². The molecule has 0 fully saturated rings. The van der Waals surface area contributed by atoms with Crippen molar-refractivity contribution in [3.8, 4) is 0 Å². The molecular formula is C12H23N5. The molecule has 5 nitrogen and oxygen atoms in total. The Kier molecular flexibility index (Phi) is 4.28. The molecule has 2 rings (SSSR count). The van der Waals surface area contributed by atoms with E-state index in [0.29, 0.717) is 11.9 Å². The molecule has 1 aliphatic rings. The van der Waals surface area contributed by atoms with Crippen molar-refractivity contribution in [3.05, 3.63) is 11.9 Å². The van der Waals surface area contributed by atoms with E-state index >= 15 is 0 Å². The monoisotopic (exact) mass is 237 g/mol. The minimum Gasteiger partial charge on any atom is -0.383 e. The van der Waals surface area contributed by atoms with Gasteiger partial charge in [0.1, 0.15) is 12.1 Å². The fourth-order valence-corrected chi connectivity index (χ4v) is 2.11. The van der Waals surface area contributed by atoms with E-state index in [-0.39, 0.29) is 6.04 Å². The lowest BCUT2D eigenvalue weighted by Gasteiger charge is -2.31. The Morgan fingerprint density at radius 2 is 1.88 bits per heavy atom. The molecule has 1 unspecified atom stereocenters. The topological polar surface area (TPSA) is 58.3 Å². The number of anilines is 2. The third-order valence-corrected chi connectivity index (χ3v) is 2.92. The zero-order valence-corrected chi connectivity index (χ0v) is 11.6. The minimum absolute atomic E-state index is 0.239. The molecule has 0 bridgehead atoms. The predicted octanol–water partition coefficient (Wildman–Crippen LogP) is 2.22. The van der Waals surface area contributed by atoms with Gasteiger partial charge in [0.15, 0.2) is 5.82 Å². The summed E-state index contributed by atoms with van der Waals surface area (Å²) in [7, 11) is 2.05. The van der Waals surface area contributed by atoms with Crippen molar-refractivity contribution in [1.82, 2.24) is 15.0 Å².